The molecule has 0 fully saturated rings. The molecule has 0 saturated heterocycles. The lowest BCUT2D eigenvalue weighted by atomic mass is 10.1. The summed E-state index contributed by atoms with van der Waals surface area (Å²) >= 11 is 0. The fourth-order valence-electron chi connectivity index (χ4n) is 2.48. The lowest BCUT2D eigenvalue weighted by Gasteiger charge is -2.27. The van der Waals surface area contributed by atoms with E-state index >= 15 is 0 Å². The number of rotatable bonds is 3. The fraction of sp³-hybridized carbons (Fsp3) is 0.500. The molecule has 2 unspecified atom stereocenters. The van der Waals surface area contributed by atoms with Crippen LogP contribution in [0.2, 0.25) is 0 Å². The summed E-state index contributed by atoms with van der Waals surface area (Å²) in [5.74, 6) is 0.0502. The summed E-state index contributed by atoms with van der Waals surface area (Å²) in [6, 6.07) is 8.56. The van der Waals surface area contributed by atoms with Gasteiger partial charge in [-0.25, -0.2) is 0 Å². The van der Waals surface area contributed by atoms with E-state index in [0.29, 0.717) is 0 Å². The van der Waals surface area contributed by atoms with Gasteiger partial charge in [0.15, 0.2) is 0 Å². The number of aryl methyl sites for hydroxylation is 1. The average molecular weight is 233 g/mol. The maximum absolute atomic E-state index is 12.1. The minimum atomic E-state index is -0.368. The van der Waals surface area contributed by atoms with Gasteiger partial charge in [-0.05, 0) is 30.9 Å². The van der Waals surface area contributed by atoms with Gasteiger partial charge >= 0.3 is 0 Å². The molecule has 2 rings (SSSR count). The van der Waals surface area contributed by atoms with Crippen molar-refractivity contribution >= 4 is 5.91 Å². The Morgan fingerprint density at radius 1 is 1.47 bits per heavy atom. The molecule has 0 radical (unpaired) electrons. The molecule has 0 spiro atoms. The van der Waals surface area contributed by atoms with Crippen LogP contribution in [0, 0.1) is 0 Å². The van der Waals surface area contributed by atoms with Crippen LogP contribution in [0.4, 0.5) is 0 Å². The second-order valence-electron chi connectivity index (χ2n) is 4.58. The Bertz CT molecular complexity index is 416. The third kappa shape index (κ3) is 2.20. The molecule has 0 heterocycles. The number of hydrogen-bond donors (Lipinski definition) is 0. The number of nitrogens with zero attached hydrogens (tertiary/aromatic N) is 1. The summed E-state index contributed by atoms with van der Waals surface area (Å²) in [5.41, 5.74) is 2.65. The average Bonchev–Trinajstić information content (AvgIpc) is 2.79. The molecule has 0 aliphatic heterocycles. The van der Waals surface area contributed by atoms with Crippen molar-refractivity contribution in [2.45, 2.75) is 31.9 Å². The molecule has 1 amide bonds. The lowest BCUT2D eigenvalue weighted by molar-refractivity contribution is -0.141. The van der Waals surface area contributed by atoms with Crippen molar-refractivity contribution in [1.82, 2.24) is 4.90 Å². The first-order valence-electron chi connectivity index (χ1n) is 6.02. The highest BCUT2D eigenvalue weighted by Crippen LogP contribution is 2.35. The molecular weight excluding hydrogens is 214 g/mol. The largest absolute Gasteiger partial charge is 0.372 e. The van der Waals surface area contributed by atoms with Crippen molar-refractivity contribution in [3.8, 4) is 0 Å². The SMILES string of the molecule is COC(C)C(=O)N(C)C1CCc2ccccc21. The van der Waals surface area contributed by atoms with Gasteiger partial charge < -0.3 is 9.64 Å². The minimum Gasteiger partial charge on any atom is -0.372 e. The predicted octanol–water partition coefficient (Wildman–Crippen LogP) is 2.17. The van der Waals surface area contributed by atoms with Crippen molar-refractivity contribution in [3.05, 3.63) is 35.4 Å². The number of fused-ring (bicyclic) bond motifs is 1. The van der Waals surface area contributed by atoms with Gasteiger partial charge in [0.25, 0.3) is 5.91 Å². The number of hydrogen-bond acceptors (Lipinski definition) is 2. The first-order valence-corrected chi connectivity index (χ1v) is 6.02. The molecule has 3 heteroatoms. The highest BCUT2D eigenvalue weighted by atomic mass is 16.5. The number of benzene rings is 1. The zero-order valence-electron chi connectivity index (χ0n) is 10.6. The van der Waals surface area contributed by atoms with Gasteiger partial charge in [0.2, 0.25) is 0 Å². The van der Waals surface area contributed by atoms with Crippen LogP contribution in [-0.2, 0) is 16.0 Å². The van der Waals surface area contributed by atoms with Gasteiger partial charge in [-0.3, -0.25) is 4.79 Å². The topological polar surface area (TPSA) is 29.5 Å². The van der Waals surface area contributed by atoms with Crippen LogP contribution < -0.4 is 0 Å². The summed E-state index contributed by atoms with van der Waals surface area (Å²) < 4.78 is 5.09. The maximum Gasteiger partial charge on any atom is 0.251 e. The van der Waals surface area contributed by atoms with E-state index in [1.807, 2.05) is 18.0 Å². The molecule has 1 aromatic carbocycles. The zero-order chi connectivity index (χ0) is 12.4. The molecule has 0 aromatic heterocycles. The highest BCUT2D eigenvalue weighted by Gasteiger charge is 2.30. The Balaban J connectivity index is 2.17. The van der Waals surface area contributed by atoms with Gasteiger partial charge in [0.1, 0.15) is 6.10 Å². The number of carbonyl (C=O) groups excluding carboxylic acids is 1. The Kier molecular flexibility index (Phi) is 3.48. The van der Waals surface area contributed by atoms with E-state index in [1.54, 1.807) is 14.0 Å². The van der Waals surface area contributed by atoms with Crippen LogP contribution in [0.5, 0.6) is 0 Å². The summed E-state index contributed by atoms with van der Waals surface area (Å²) in [6.07, 6.45) is 1.70. The molecule has 0 saturated carbocycles. The van der Waals surface area contributed by atoms with Crippen LogP contribution in [0.25, 0.3) is 0 Å². The predicted molar refractivity (Wildman–Crippen MR) is 66.7 cm³/mol. The van der Waals surface area contributed by atoms with Crippen molar-refractivity contribution < 1.29 is 9.53 Å². The first-order chi connectivity index (χ1) is 8.15. The van der Waals surface area contributed by atoms with Crippen LogP contribution >= 0.6 is 0 Å². The standard InChI is InChI=1S/C14H19NO2/c1-10(17-3)14(16)15(2)13-9-8-11-6-4-5-7-12(11)13/h4-7,10,13H,8-9H2,1-3H3. The number of methoxy groups -OCH3 is 1. The van der Waals surface area contributed by atoms with Crippen molar-refractivity contribution in [2.75, 3.05) is 14.2 Å². The highest BCUT2D eigenvalue weighted by molar-refractivity contribution is 5.80. The van der Waals surface area contributed by atoms with Gasteiger partial charge in [-0.2, -0.15) is 0 Å². The molecule has 17 heavy (non-hydrogen) atoms. The number of amides is 1. The smallest absolute Gasteiger partial charge is 0.251 e. The van der Waals surface area contributed by atoms with Gasteiger partial charge in [0.05, 0.1) is 6.04 Å². The molecule has 0 N–H and O–H groups in total. The summed E-state index contributed by atoms with van der Waals surface area (Å²) in [7, 11) is 3.43. The normalized spacial score (nSPS) is 19.8. The summed E-state index contributed by atoms with van der Waals surface area (Å²) in [5, 5.41) is 0. The Hall–Kier alpha value is -1.35. The van der Waals surface area contributed by atoms with Gasteiger partial charge in [-0.1, -0.05) is 24.3 Å². The van der Waals surface area contributed by atoms with Crippen LogP contribution in [0.1, 0.15) is 30.5 Å². The Morgan fingerprint density at radius 3 is 2.88 bits per heavy atom. The van der Waals surface area contributed by atoms with Crippen molar-refractivity contribution in [1.29, 1.82) is 0 Å². The monoisotopic (exact) mass is 233 g/mol. The van der Waals surface area contributed by atoms with Gasteiger partial charge in [0, 0.05) is 14.2 Å². The quantitative estimate of drug-likeness (QED) is 0.800. The Morgan fingerprint density at radius 2 is 2.18 bits per heavy atom. The minimum absolute atomic E-state index is 0.0502. The molecule has 0 bridgehead atoms. The molecule has 3 nitrogen and oxygen atoms in total. The van der Waals surface area contributed by atoms with Gasteiger partial charge in [-0.15, -0.1) is 0 Å². The molecule has 1 aliphatic rings. The number of likely N-dealkylation sites (N-methyl/N-ethyl adjacent to an activating group) is 1. The van der Waals surface area contributed by atoms with E-state index in [2.05, 4.69) is 18.2 Å². The molecule has 1 aromatic rings. The van der Waals surface area contributed by atoms with E-state index in [4.69, 9.17) is 4.74 Å². The van der Waals surface area contributed by atoms with Crippen LogP contribution in [0.3, 0.4) is 0 Å². The van der Waals surface area contributed by atoms with Crippen molar-refractivity contribution in [3.63, 3.8) is 0 Å². The van der Waals surface area contributed by atoms with E-state index in [0.717, 1.165) is 12.8 Å². The van der Waals surface area contributed by atoms with Crippen LogP contribution in [-0.4, -0.2) is 31.1 Å². The lowest BCUT2D eigenvalue weighted by Crippen LogP contribution is -2.37. The molecule has 92 valence electrons. The van der Waals surface area contributed by atoms with Crippen molar-refractivity contribution in [2.24, 2.45) is 0 Å². The molecular formula is C14H19NO2. The zero-order valence-corrected chi connectivity index (χ0v) is 10.6. The number of carbonyl (C=O) groups is 1. The Labute approximate surface area is 102 Å². The fourth-order valence-corrected chi connectivity index (χ4v) is 2.48. The van der Waals surface area contributed by atoms with E-state index in [9.17, 15) is 4.79 Å². The second-order valence-corrected chi connectivity index (χ2v) is 4.58. The van der Waals surface area contributed by atoms with E-state index < -0.39 is 0 Å². The van der Waals surface area contributed by atoms with E-state index in [-0.39, 0.29) is 18.1 Å². The summed E-state index contributed by atoms with van der Waals surface area (Å²) in [6.45, 7) is 1.79. The number of ether oxygens (including phenoxy) is 1. The molecule has 1 aliphatic carbocycles. The first kappa shape index (κ1) is 12.1. The third-order valence-electron chi connectivity index (χ3n) is 3.62. The maximum atomic E-state index is 12.1. The van der Waals surface area contributed by atoms with Crippen LogP contribution in [0.15, 0.2) is 24.3 Å². The van der Waals surface area contributed by atoms with E-state index in [1.165, 1.54) is 11.1 Å². The summed E-state index contributed by atoms with van der Waals surface area (Å²) in [4.78, 5) is 13.9. The second kappa shape index (κ2) is 4.88. The third-order valence-corrected chi connectivity index (χ3v) is 3.62. The molecule has 2 atom stereocenters.